The van der Waals surface area contributed by atoms with Gasteiger partial charge in [0.05, 0.1) is 11.1 Å². The van der Waals surface area contributed by atoms with Gasteiger partial charge in [-0.15, -0.1) is 0 Å². The number of aromatic nitrogens is 1. The first-order chi connectivity index (χ1) is 15.7. The summed E-state index contributed by atoms with van der Waals surface area (Å²) in [6, 6.07) is 34.3. The van der Waals surface area contributed by atoms with Gasteiger partial charge in [-0.2, -0.15) is 0 Å². The molecule has 0 atom stereocenters. The Kier molecular flexibility index (Phi) is 5.18. The van der Waals surface area contributed by atoms with Crippen LogP contribution in [0.1, 0.15) is 15.9 Å². The highest BCUT2D eigenvalue weighted by Gasteiger charge is 2.09. The predicted octanol–water partition coefficient (Wildman–Crippen LogP) is 6.61. The highest BCUT2D eigenvalue weighted by atomic mass is 16.4. The lowest BCUT2D eigenvalue weighted by Crippen LogP contribution is -2.02. The van der Waals surface area contributed by atoms with Crippen LogP contribution in [-0.4, -0.2) is 15.6 Å². The van der Waals surface area contributed by atoms with Crippen LogP contribution in [0.5, 0.6) is 0 Å². The number of hydrogen-bond acceptors (Lipinski definition) is 2. The molecule has 4 nitrogen and oxygen atoms in total. The van der Waals surface area contributed by atoms with Crippen molar-refractivity contribution in [1.82, 2.24) is 4.57 Å². The van der Waals surface area contributed by atoms with E-state index in [0.717, 1.165) is 16.9 Å². The van der Waals surface area contributed by atoms with Crippen molar-refractivity contribution in [2.45, 2.75) is 6.54 Å². The molecule has 0 spiro atoms. The molecule has 0 radical (unpaired) electrons. The number of carbonyl (C=O) groups is 1. The molecule has 4 heteroatoms. The number of rotatable bonds is 6. The van der Waals surface area contributed by atoms with Gasteiger partial charge < -0.3 is 15.0 Å². The van der Waals surface area contributed by atoms with Crippen molar-refractivity contribution >= 4 is 22.6 Å². The summed E-state index contributed by atoms with van der Waals surface area (Å²) in [4.78, 5) is 11.0. The van der Waals surface area contributed by atoms with Crippen molar-refractivity contribution in [2.75, 3.05) is 5.32 Å². The van der Waals surface area contributed by atoms with Gasteiger partial charge in [-0.25, -0.2) is 4.79 Å². The van der Waals surface area contributed by atoms with Crippen LogP contribution >= 0.6 is 0 Å². The summed E-state index contributed by atoms with van der Waals surface area (Å²) in [6.45, 7) is 0.648. The first-order valence-corrected chi connectivity index (χ1v) is 10.5. The summed E-state index contributed by atoms with van der Waals surface area (Å²) in [7, 11) is 0. The van der Waals surface area contributed by atoms with Gasteiger partial charge in [-0.05, 0) is 65.2 Å². The topological polar surface area (TPSA) is 54.3 Å². The zero-order chi connectivity index (χ0) is 21.9. The molecule has 0 aliphatic rings. The first-order valence-electron chi connectivity index (χ1n) is 10.5. The van der Waals surface area contributed by atoms with Gasteiger partial charge in [0.25, 0.3) is 0 Å². The van der Waals surface area contributed by atoms with E-state index in [1.54, 1.807) is 24.3 Å². The number of nitrogens with one attached hydrogen (secondary N) is 1. The number of hydrogen-bond donors (Lipinski definition) is 2. The summed E-state index contributed by atoms with van der Waals surface area (Å²) in [5.41, 5.74) is 7.02. The van der Waals surface area contributed by atoms with E-state index in [4.69, 9.17) is 5.11 Å². The molecule has 0 saturated carbocycles. The molecule has 4 aromatic carbocycles. The molecule has 0 saturated heterocycles. The second-order valence-electron chi connectivity index (χ2n) is 7.70. The second kappa shape index (κ2) is 8.44. The Morgan fingerprint density at radius 2 is 1.59 bits per heavy atom. The minimum absolute atomic E-state index is 0.284. The van der Waals surface area contributed by atoms with Crippen LogP contribution in [0.4, 0.5) is 5.69 Å². The lowest BCUT2D eigenvalue weighted by atomic mass is 10.0. The van der Waals surface area contributed by atoms with Crippen LogP contribution in [0, 0.1) is 0 Å². The number of anilines is 1. The molecule has 1 aromatic heterocycles. The van der Waals surface area contributed by atoms with E-state index < -0.39 is 5.97 Å². The summed E-state index contributed by atoms with van der Waals surface area (Å²) in [6.07, 6.45) is 2.12. The third kappa shape index (κ3) is 3.86. The average Bonchev–Trinajstić information content (AvgIpc) is 3.28. The van der Waals surface area contributed by atoms with Crippen molar-refractivity contribution in [3.63, 3.8) is 0 Å². The Bertz CT molecular complexity index is 1390. The predicted molar refractivity (Wildman–Crippen MR) is 129 cm³/mol. The highest BCUT2D eigenvalue weighted by molar-refractivity contribution is 5.96. The van der Waals surface area contributed by atoms with Gasteiger partial charge in [0.15, 0.2) is 0 Å². The molecule has 0 amide bonds. The third-order valence-corrected chi connectivity index (χ3v) is 5.63. The molecule has 0 fully saturated rings. The standard InChI is InChI=1S/C28H22N2O2/c31-28(32)22-12-14-23(15-13-22)29-19-20-6-4-9-24(18-20)30-17-16-26-25(10-5-11-27(26)30)21-7-2-1-3-8-21/h1-18,29H,19H2,(H,31,32). The normalized spacial score (nSPS) is 10.9. The lowest BCUT2D eigenvalue weighted by Gasteiger charge is -2.11. The van der Waals surface area contributed by atoms with Gasteiger partial charge in [-0.3, -0.25) is 0 Å². The minimum atomic E-state index is -0.918. The van der Waals surface area contributed by atoms with Gasteiger partial charge in [-0.1, -0.05) is 54.6 Å². The Hall–Kier alpha value is -4.31. The molecule has 156 valence electrons. The van der Waals surface area contributed by atoms with Gasteiger partial charge in [0.2, 0.25) is 0 Å². The van der Waals surface area contributed by atoms with Crippen LogP contribution < -0.4 is 5.32 Å². The van der Waals surface area contributed by atoms with Crippen molar-refractivity contribution in [1.29, 1.82) is 0 Å². The fourth-order valence-electron chi connectivity index (χ4n) is 4.01. The van der Waals surface area contributed by atoms with Crippen LogP contribution in [0.25, 0.3) is 27.7 Å². The fourth-order valence-corrected chi connectivity index (χ4v) is 4.01. The van der Waals surface area contributed by atoms with Crippen LogP contribution in [0.3, 0.4) is 0 Å². The van der Waals surface area contributed by atoms with Crippen LogP contribution in [0.15, 0.2) is 109 Å². The zero-order valence-electron chi connectivity index (χ0n) is 17.4. The number of benzene rings is 4. The lowest BCUT2D eigenvalue weighted by molar-refractivity contribution is 0.0697. The molecule has 32 heavy (non-hydrogen) atoms. The van der Waals surface area contributed by atoms with E-state index in [0.29, 0.717) is 6.54 Å². The molecular formula is C28H22N2O2. The quantitative estimate of drug-likeness (QED) is 0.326. The summed E-state index contributed by atoms with van der Waals surface area (Å²) >= 11 is 0. The first kappa shape index (κ1) is 19.6. The average molecular weight is 418 g/mol. The minimum Gasteiger partial charge on any atom is -0.478 e. The molecule has 0 bridgehead atoms. The maximum Gasteiger partial charge on any atom is 0.335 e. The van der Waals surface area contributed by atoms with E-state index in [1.165, 1.54) is 22.0 Å². The fraction of sp³-hybridized carbons (Fsp3) is 0.0357. The van der Waals surface area contributed by atoms with E-state index in [-0.39, 0.29) is 5.56 Å². The van der Waals surface area contributed by atoms with E-state index >= 15 is 0 Å². The van der Waals surface area contributed by atoms with Gasteiger partial charge in [0.1, 0.15) is 0 Å². The smallest absolute Gasteiger partial charge is 0.335 e. The molecule has 0 aliphatic carbocycles. The monoisotopic (exact) mass is 418 g/mol. The Labute approximate surface area is 186 Å². The summed E-state index contributed by atoms with van der Waals surface area (Å²) in [5, 5.41) is 13.6. The maximum absolute atomic E-state index is 11.0. The van der Waals surface area contributed by atoms with Crippen LogP contribution in [0.2, 0.25) is 0 Å². The highest BCUT2D eigenvalue weighted by Crippen LogP contribution is 2.31. The molecule has 2 N–H and O–H groups in total. The zero-order valence-corrected chi connectivity index (χ0v) is 17.4. The summed E-state index contributed by atoms with van der Waals surface area (Å²) < 4.78 is 2.22. The Morgan fingerprint density at radius 1 is 0.812 bits per heavy atom. The number of aromatic carboxylic acids is 1. The van der Waals surface area contributed by atoms with E-state index in [1.807, 2.05) is 6.07 Å². The van der Waals surface area contributed by atoms with Crippen molar-refractivity contribution < 1.29 is 9.90 Å². The van der Waals surface area contributed by atoms with Crippen molar-refractivity contribution in [3.05, 3.63) is 120 Å². The molecule has 5 rings (SSSR count). The van der Waals surface area contributed by atoms with E-state index in [2.05, 4.69) is 88.9 Å². The number of fused-ring (bicyclic) bond motifs is 1. The maximum atomic E-state index is 11.0. The van der Waals surface area contributed by atoms with Crippen molar-refractivity contribution in [2.24, 2.45) is 0 Å². The largest absolute Gasteiger partial charge is 0.478 e. The SMILES string of the molecule is O=C(O)c1ccc(NCc2cccc(-n3ccc4c(-c5ccccc5)cccc43)c2)cc1. The van der Waals surface area contributed by atoms with Gasteiger partial charge in [0, 0.05) is 29.5 Å². The van der Waals surface area contributed by atoms with Crippen LogP contribution in [-0.2, 0) is 6.54 Å². The molecule has 0 unspecified atom stereocenters. The molecule has 5 aromatic rings. The number of nitrogens with zero attached hydrogens (tertiary/aromatic N) is 1. The number of carboxylic acid groups (broad SMARTS) is 1. The molecule has 0 aliphatic heterocycles. The van der Waals surface area contributed by atoms with Crippen molar-refractivity contribution in [3.8, 4) is 16.8 Å². The van der Waals surface area contributed by atoms with Gasteiger partial charge >= 0.3 is 5.97 Å². The Morgan fingerprint density at radius 3 is 2.38 bits per heavy atom. The summed E-state index contributed by atoms with van der Waals surface area (Å²) in [5.74, 6) is -0.918. The molecule has 1 heterocycles. The van der Waals surface area contributed by atoms with E-state index in [9.17, 15) is 4.79 Å². The molecular weight excluding hydrogens is 396 g/mol. The second-order valence-corrected chi connectivity index (χ2v) is 7.70. The Balaban J connectivity index is 1.41. The number of carboxylic acids is 1. The third-order valence-electron chi connectivity index (χ3n) is 5.63.